The minimum Gasteiger partial charge on any atom is -0.480 e. The molecule has 2 rings (SSSR count). The smallest absolute Gasteiger partial charge is 0.321 e. The van der Waals surface area contributed by atoms with E-state index in [1.165, 1.54) is 31.2 Å². The van der Waals surface area contributed by atoms with E-state index in [0.29, 0.717) is 0 Å². The van der Waals surface area contributed by atoms with Gasteiger partial charge in [0.25, 0.3) is 5.91 Å². The number of carboxylic acid groups (broad SMARTS) is 1. The van der Waals surface area contributed by atoms with E-state index in [2.05, 4.69) is 5.32 Å². The van der Waals surface area contributed by atoms with E-state index in [4.69, 9.17) is 5.11 Å². The molecule has 1 aliphatic rings. The zero-order valence-electron chi connectivity index (χ0n) is 11.4. The summed E-state index contributed by atoms with van der Waals surface area (Å²) in [6.45, 7) is 1.23. The summed E-state index contributed by atoms with van der Waals surface area (Å²) in [5.41, 5.74) is 0.229. The fourth-order valence-electron chi connectivity index (χ4n) is 1.65. The number of amides is 1. The largest absolute Gasteiger partial charge is 0.480 e. The Morgan fingerprint density at radius 3 is 2.57 bits per heavy atom. The van der Waals surface area contributed by atoms with E-state index in [1.807, 2.05) is 4.72 Å². The van der Waals surface area contributed by atoms with Gasteiger partial charge >= 0.3 is 5.97 Å². The second-order valence-corrected chi connectivity index (χ2v) is 6.67. The summed E-state index contributed by atoms with van der Waals surface area (Å²) in [4.78, 5) is 22.5. The number of benzene rings is 1. The summed E-state index contributed by atoms with van der Waals surface area (Å²) >= 11 is 0. The summed E-state index contributed by atoms with van der Waals surface area (Å²) in [6.07, 6.45) is 1.86. The van der Waals surface area contributed by atoms with Gasteiger partial charge in [0.15, 0.2) is 0 Å². The normalized spacial score (nSPS) is 16.2. The van der Waals surface area contributed by atoms with Crippen molar-refractivity contribution in [3.05, 3.63) is 29.8 Å². The fourth-order valence-corrected chi connectivity index (χ4v) is 2.89. The SMILES string of the molecule is C[C@@H](NS(=O)(=O)c1cccc(C(=O)NC2CC2)c1)C(=O)O. The Labute approximate surface area is 122 Å². The van der Waals surface area contributed by atoms with E-state index in [1.54, 1.807) is 0 Å². The molecule has 0 bridgehead atoms. The first-order chi connectivity index (χ1) is 9.79. The van der Waals surface area contributed by atoms with Crippen LogP contribution in [0, 0.1) is 0 Å². The van der Waals surface area contributed by atoms with Crippen LogP contribution in [-0.4, -0.2) is 37.5 Å². The first-order valence-electron chi connectivity index (χ1n) is 6.45. The Hall–Kier alpha value is -1.93. The third-order valence-electron chi connectivity index (χ3n) is 3.02. The van der Waals surface area contributed by atoms with Crippen LogP contribution in [0.5, 0.6) is 0 Å². The molecule has 7 nitrogen and oxygen atoms in total. The van der Waals surface area contributed by atoms with Gasteiger partial charge < -0.3 is 10.4 Å². The van der Waals surface area contributed by atoms with Crippen molar-refractivity contribution in [3.63, 3.8) is 0 Å². The van der Waals surface area contributed by atoms with Gasteiger partial charge in [0.1, 0.15) is 6.04 Å². The number of rotatable bonds is 6. The van der Waals surface area contributed by atoms with Crippen molar-refractivity contribution in [2.75, 3.05) is 0 Å². The third-order valence-corrected chi connectivity index (χ3v) is 4.56. The van der Waals surface area contributed by atoms with Crippen LogP contribution in [0.3, 0.4) is 0 Å². The second-order valence-electron chi connectivity index (χ2n) is 4.96. The van der Waals surface area contributed by atoms with Crippen LogP contribution in [0.1, 0.15) is 30.1 Å². The average molecular weight is 312 g/mol. The Balaban J connectivity index is 2.19. The molecule has 0 aromatic heterocycles. The topological polar surface area (TPSA) is 113 Å². The summed E-state index contributed by atoms with van der Waals surface area (Å²) in [7, 11) is -3.98. The Bertz CT molecular complexity index is 667. The predicted octanol–water partition coefficient (Wildman–Crippen LogP) is 0.330. The van der Waals surface area contributed by atoms with Gasteiger partial charge in [-0.1, -0.05) is 6.07 Å². The molecule has 0 aliphatic heterocycles. The van der Waals surface area contributed by atoms with Crippen LogP contribution in [0.4, 0.5) is 0 Å². The van der Waals surface area contributed by atoms with Crippen LogP contribution >= 0.6 is 0 Å². The van der Waals surface area contributed by atoms with Gasteiger partial charge in [0.2, 0.25) is 10.0 Å². The highest BCUT2D eigenvalue weighted by atomic mass is 32.2. The molecule has 0 saturated heterocycles. The Kier molecular flexibility index (Phi) is 4.29. The maximum Gasteiger partial charge on any atom is 0.321 e. The number of carbonyl (C=O) groups excluding carboxylic acids is 1. The van der Waals surface area contributed by atoms with Crippen molar-refractivity contribution in [1.29, 1.82) is 0 Å². The van der Waals surface area contributed by atoms with Crippen molar-refractivity contribution in [2.24, 2.45) is 0 Å². The Morgan fingerprint density at radius 2 is 2.00 bits per heavy atom. The highest BCUT2D eigenvalue weighted by molar-refractivity contribution is 7.89. The molecule has 0 spiro atoms. The highest BCUT2D eigenvalue weighted by Crippen LogP contribution is 2.20. The van der Waals surface area contributed by atoms with E-state index in [-0.39, 0.29) is 22.4 Å². The fraction of sp³-hybridized carbons (Fsp3) is 0.385. The first kappa shape index (κ1) is 15.5. The lowest BCUT2D eigenvalue weighted by molar-refractivity contribution is -0.138. The summed E-state index contributed by atoms with van der Waals surface area (Å²) in [6, 6.07) is 4.42. The maximum absolute atomic E-state index is 12.1. The number of nitrogens with one attached hydrogen (secondary N) is 2. The molecule has 1 saturated carbocycles. The minimum atomic E-state index is -3.98. The third kappa shape index (κ3) is 4.02. The van der Waals surface area contributed by atoms with Crippen molar-refractivity contribution >= 4 is 21.9 Å². The number of aliphatic carboxylic acids is 1. The van der Waals surface area contributed by atoms with Gasteiger partial charge in [0, 0.05) is 11.6 Å². The zero-order valence-corrected chi connectivity index (χ0v) is 12.2. The van der Waals surface area contributed by atoms with E-state index < -0.39 is 22.0 Å². The Morgan fingerprint density at radius 1 is 1.33 bits per heavy atom. The van der Waals surface area contributed by atoms with Gasteiger partial charge in [-0.25, -0.2) is 8.42 Å². The lowest BCUT2D eigenvalue weighted by atomic mass is 10.2. The van der Waals surface area contributed by atoms with Crippen LogP contribution in [0.2, 0.25) is 0 Å². The molecule has 8 heteroatoms. The number of carbonyl (C=O) groups is 2. The average Bonchev–Trinajstić information content (AvgIpc) is 3.22. The number of sulfonamides is 1. The molecule has 1 aliphatic carbocycles. The van der Waals surface area contributed by atoms with Crippen molar-refractivity contribution in [2.45, 2.75) is 36.7 Å². The van der Waals surface area contributed by atoms with Gasteiger partial charge in [-0.2, -0.15) is 4.72 Å². The molecule has 21 heavy (non-hydrogen) atoms. The van der Waals surface area contributed by atoms with Crippen LogP contribution in [0.25, 0.3) is 0 Å². The molecule has 1 atom stereocenters. The lowest BCUT2D eigenvalue weighted by Crippen LogP contribution is -2.38. The van der Waals surface area contributed by atoms with E-state index in [0.717, 1.165) is 12.8 Å². The van der Waals surface area contributed by atoms with E-state index >= 15 is 0 Å². The van der Waals surface area contributed by atoms with Gasteiger partial charge in [-0.3, -0.25) is 9.59 Å². The molecule has 1 aromatic rings. The number of hydrogen-bond donors (Lipinski definition) is 3. The van der Waals surface area contributed by atoms with E-state index in [9.17, 15) is 18.0 Å². The van der Waals surface area contributed by atoms with Gasteiger partial charge in [0.05, 0.1) is 4.90 Å². The summed E-state index contributed by atoms with van der Waals surface area (Å²) < 4.78 is 26.1. The van der Waals surface area contributed by atoms with Crippen LogP contribution < -0.4 is 10.0 Å². The molecular weight excluding hydrogens is 296 g/mol. The monoisotopic (exact) mass is 312 g/mol. The van der Waals surface area contributed by atoms with Gasteiger partial charge in [-0.05, 0) is 38.0 Å². The standard InChI is InChI=1S/C13H16N2O5S/c1-8(13(17)18)15-21(19,20)11-4-2-3-9(7-11)12(16)14-10-5-6-10/h2-4,7-8,10,15H,5-6H2,1H3,(H,14,16)(H,17,18)/t8-/m1/s1. The second kappa shape index (κ2) is 5.82. The van der Waals surface area contributed by atoms with Crippen molar-refractivity contribution in [3.8, 4) is 0 Å². The molecule has 1 aromatic carbocycles. The zero-order chi connectivity index (χ0) is 15.6. The van der Waals surface area contributed by atoms with Crippen molar-refractivity contribution in [1.82, 2.24) is 10.0 Å². The molecule has 0 heterocycles. The quantitative estimate of drug-likeness (QED) is 0.700. The number of carboxylic acids is 1. The van der Waals surface area contributed by atoms with Crippen LogP contribution in [-0.2, 0) is 14.8 Å². The predicted molar refractivity (Wildman–Crippen MR) is 74.3 cm³/mol. The minimum absolute atomic E-state index is 0.140. The molecule has 0 unspecified atom stereocenters. The molecule has 1 amide bonds. The summed E-state index contributed by atoms with van der Waals surface area (Å²) in [5, 5.41) is 11.5. The lowest BCUT2D eigenvalue weighted by Gasteiger charge is -2.11. The maximum atomic E-state index is 12.1. The molecule has 114 valence electrons. The molecule has 0 radical (unpaired) electrons. The number of hydrogen-bond acceptors (Lipinski definition) is 4. The van der Waals surface area contributed by atoms with Crippen LogP contribution in [0.15, 0.2) is 29.2 Å². The van der Waals surface area contributed by atoms with Crippen molar-refractivity contribution < 1.29 is 23.1 Å². The first-order valence-corrected chi connectivity index (χ1v) is 7.94. The summed E-state index contributed by atoms with van der Waals surface area (Å²) in [5.74, 6) is -1.61. The molecular formula is C13H16N2O5S. The van der Waals surface area contributed by atoms with Gasteiger partial charge in [-0.15, -0.1) is 0 Å². The molecule has 3 N–H and O–H groups in total. The highest BCUT2D eigenvalue weighted by Gasteiger charge is 2.25. The molecule has 1 fully saturated rings.